The molecule has 3 aromatic rings. The van der Waals surface area contributed by atoms with Crippen molar-refractivity contribution in [1.82, 2.24) is 10.6 Å². The lowest BCUT2D eigenvalue weighted by Gasteiger charge is -2.31. The number of thiocarbonyl (C=S) groups is 1. The molecule has 2 aliphatic heterocycles. The smallest absolute Gasteiger partial charge is 0.171 e. The van der Waals surface area contributed by atoms with Crippen LogP contribution in [-0.4, -0.2) is 11.7 Å². The van der Waals surface area contributed by atoms with Crippen LogP contribution >= 0.6 is 12.2 Å². The molecule has 2 heterocycles. The van der Waals surface area contributed by atoms with Gasteiger partial charge in [-0.1, -0.05) is 60.2 Å². The van der Waals surface area contributed by atoms with Crippen LogP contribution < -0.4 is 15.4 Å². The summed E-state index contributed by atoms with van der Waals surface area (Å²) in [6.45, 7) is 2.76. The molecule has 0 amide bonds. The summed E-state index contributed by atoms with van der Waals surface area (Å²) >= 11 is 5.55. The molecule has 2 N–H and O–H groups in total. The maximum atomic E-state index is 6.24. The molecule has 1 unspecified atom stereocenters. The monoisotopic (exact) mass is 372 g/mol. The minimum atomic E-state index is 0.0652. The standard InChI is InChI=1S/C23H20N2OS/c1-14-6-8-16(9-7-14)20-18-12-13-26-22-17-5-3-2-4-15(17)10-11-19(22)21(18)25-23(27)24-20/h2-11,20H,12-13H2,1H3,(H2,24,25,27). The zero-order valence-electron chi connectivity index (χ0n) is 15.1. The van der Waals surface area contributed by atoms with Crippen LogP contribution in [0.1, 0.15) is 29.2 Å². The van der Waals surface area contributed by atoms with Gasteiger partial charge >= 0.3 is 0 Å². The van der Waals surface area contributed by atoms with E-state index in [0.717, 1.165) is 28.8 Å². The Kier molecular flexibility index (Phi) is 3.87. The highest BCUT2D eigenvalue weighted by molar-refractivity contribution is 7.80. The highest BCUT2D eigenvalue weighted by Crippen LogP contribution is 2.41. The Morgan fingerprint density at radius 2 is 1.81 bits per heavy atom. The van der Waals surface area contributed by atoms with Gasteiger partial charge in [-0.25, -0.2) is 0 Å². The Bertz CT molecular complexity index is 1090. The first-order valence-electron chi connectivity index (χ1n) is 9.23. The maximum absolute atomic E-state index is 6.24. The summed E-state index contributed by atoms with van der Waals surface area (Å²) in [6.07, 6.45) is 0.847. The lowest BCUT2D eigenvalue weighted by Crippen LogP contribution is -2.43. The van der Waals surface area contributed by atoms with E-state index in [9.17, 15) is 0 Å². The van der Waals surface area contributed by atoms with Gasteiger partial charge in [0.15, 0.2) is 5.11 Å². The molecule has 5 rings (SSSR count). The SMILES string of the molecule is Cc1ccc(C2NC(=S)NC3=C2CCOc2c3ccc3ccccc23)cc1. The van der Waals surface area contributed by atoms with Crippen LogP contribution in [0.15, 0.2) is 66.2 Å². The van der Waals surface area contributed by atoms with Crippen molar-refractivity contribution in [3.63, 3.8) is 0 Å². The minimum Gasteiger partial charge on any atom is -0.492 e. The average Bonchev–Trinajstić information content (AvgIpc) is 2.88. The Morgan fingerprint density at radius 1 is 1.00 bits per heavy atom. The van der Waals surface area contributed by atoms with Gasteiger partial charge in [-0.05, 0) is 41.7 Å². The predicted octanol–water partition coefficient (Wildman–Crippen LogP) is 4.86. The van der Waals surface area contributed by atoms with E-state index < -0.39 is 0 Å². The van der Waals surface area contributed by atoms with E-state index >= 15 is 0 Å². The molecule has 27 heavy (non-hydrogen) atoms. The minimum absolute atomic E-state index is 0.0652. The van der Waals surface area contributed by atoms with Crippen LogP contribution in [0.5, 0.6) is 5.75 Å². The average molecular weight is 372 g/mol. The summed E-state index contributed by atoms with van der Waals surface area (Å²) in [5.74, 6) is 0.943. The van der Waals surface area contributed by atoms with Crippen LogP contribution in [-0.2, 0) is 0 Å². The van der Waals surface area contributed by atoms with E-state index in [0.29, 0.717) is 11.7 Å². The third kappa shape index (κ3) is 2.77. The van der Waals surface area contributed by atoms with E-state index in [4.69, 9.17) is 17.0 Å². The first-order valence-corrected chi connectivity index (χ1v) is 9.63. The number of fused-ring (bicyclic) bond motifs is 4. The third-order valence-electron chi connectivity index (χ3n) is 5.36. The van der Waals surface area contributed by atoms with Crippen LogP contribution in [0.25, 0.3) is 16.5 Å². The molecule has 0 radical (unpaired) electrons. The normalized spacial score (nSPS) is 18.7. The van der Waals surface area contributed by atoms with Crippen molar-refractivity contribution >= 4 is 33.8 Å². The lowest BCUT2D eigenvalue weighted by atomic mass is 9.90. The molecule has 3 nitrogen and oxygen atoms in total. The van der Waals surface area contributed by atoms with E-state index in [-0.39, 0.29) is 6.04 Å². The summed E-state index contributed by atoms with van der Waals surface area (Å²) in [4.78, 5) is 0. The highest BCUT2D eigenvalue weighted by Gasteiger charge is 2.30. The van der Waals surface area contributed by atoms with E-state index in [2.05, 4.69) is 78.2 Å². The molecule has 0 fully saturated rings. The number of hydrogen-bond donors (Lipinski definition) is 2. The molecular weight excluding hydrogens is 352 g/mol. The molecule has 0 bridgehead atoms. The van der Waals surface area contributed by atoms with Gasteiger partial charge in [0, 0.05) is 17.4 Å². The lowest BCUT2D eigenvalue weighted by molar-refractivity contribution is 0.324. The van der Waals surface area contributed by atoms with Crippen molar-refractivity contribution in [2.24, 2.45) is 0 Å². The van der Waals surface area contributed by atoms with Gasteiger partial charge in [0.1, 0.15) is 5.75 Å². The van der Waals surface area contributed by atoms with Gasteiger partial charge in [0.05, 0.1) is 18.3 Å². The van der Waals surface area contributed by atoms with Gasteiger partial charge < -0.3 is 15.4 Å². The van der Waals surface area contributed by atoms with Gasteiger partial charge in [-0.15, -0.1) is 0 Å². The van der Waals surface area contributed by atoms with Gasteiger partial charge in [-0.2, -0.15) is 0 Å². The first kappa shape index (κ1) is 16.3. The molecule has 0 aromatic heterocycles. The molecule has 0 saturated heterocycles. The van der Waals surface area contributed by atoms with Gasteiger partial charge in [0.2, 0.25) is 0 Å². The largest absolute Gasteiger partial charge is 0.492 e. The second-order valence-corrected chi connectivity index (χ2v) is 7.51. The van der Waals surface area contributed by atoms with E-state index in [1.807, 2.05) is 0 Å². The van der Waals surface area contributed by atoms with Crippen molar-refractivity contribution in [3.8, 4) is 5.75 Å². The molecular formula is C23H20N2OS. The van der Waals surface area contributed by atoms with Crippen LogP contribution in [0, 0.1) is 6.92 Å². The third-order valence-corrected chi connectivity index (χ3v) is 5.58. The molecule has 0 saturated carbocycles. The maximum Gasteiger partial charge on any atom is 0.171 e. The second kappa shape index (κ2) is 6.39. The van der Waals surface area contributed by atoms with Crippen LogP contribution in [0.4, 0.5) is 0 Å². The summed E-state index contributed by atoms with van der Waals surface area (Å²) < 4.78 is 6.24. The summed E-state index contributed by atoms with van der Waals surface area (Å²) in [5.41, 5.74) is 5.94. The quantitative estimate of drug-likeness (QED) is 0.598. The fraction of sp³-hybridized carbons (Fsp3) is 0.174. The number of hydrogen-bond acceptors (Lipinski definition) is 2. The highest BCUT2D eigenvalue weighted by atomic mass is 32.1. The van der Waals surface area contributed by atoms with E-state index in [1.54, 1.807) is 0 Å². The van der Waals surface area contributed by atoms with Crippen molar-refractivity contribution in [1.29, 1.82) is 0 Å². The van der Waals surface area contributed by atoms with Gasteiger partial charge in [0.25, 0.3) is 0 Å². The summed E-state index contributed by atoms with van der Waals surface area (Å²) in [5, 5.41) is 9.84. The van der Waals surface area contributed by atoms with Crippen molar-refractivity contribution in [2.45, 2.75) is 19.4 Å². The molecule has 134 valence electrons. The fourth-order valence-electron chi connectivity index (χ4n) is 4.00. The molecule has 3 aromatic carbocycles. The molecule has 4 heteroatoms. The predicted molar refractivity (Wildman–Crippen MR) is 114 cm³/mol. The Morgan fingerprint density at radius 3 is 2.67 bits per heavy atom. The number of rotatable bonds is 1. The number of aryl methyl sites for hydroxylation is 1. The number of benzene rings is 3. The zero-order valence-corrected chi connectivity index (χ0v) is 15.9. The number of nitrogens with one attached hydrogen (secondary N) is 2. The molecule has 2 aliphatic rings. The van der Waals surface area contributed by atoms with Crippen molar-refractivity contribution < 1.29 is 4.74 Å². The van der Waals surface area contributed by atoms with Gasteiger partial charge in [-0.3, -0.25) is 0 Å². The first-order chi connectivity index (χ1) is 13.2. The molecule has 1 atom stereocenters. The summed E-state index contributed by atoms with van der Waals surface area (Å²) in [6, 6.07) is 21.4. The van der Waals surface area contributed by atoms with Crippen LogP contribution in [0.3, 0.4) is 0 Å². The Hall–Kier alpha value is -2.85. The second-order valence-electron chi connectivity index (χ2n) is 7.10. The zero-order chi connectivity index (χ0) is 18.4. The topological polar surface area (TPSA) is 33.3 Å². The number of ether oxygens (including phenoxy) is 1. The van der Waals surface area contributed by atoms with Crippen LogP contribution in [0.2, 0.25) is 0 Å². The van der Waals surface area contributed by atoms with E-state index in [1.165, 1.54) is 22.1 Å². The molecule has 0 spiro atoms. The molecule has 0 aliphatic carbocycles. The Labute approximate surface area is 164 Å². The fourth-order valence-corrected chi connectivity index (χ4v) is 4.22. The Balaban J connectivity index is 1.71. The summed E-state index contributed by atoms with van der Waals surface area (Å²) in [7, 11) is 0. The van der Waals surface area contributed by atoms with Crippen molar-refractivity contribution in [3.05, 3.63) is 82.9 Å². The van der Waals surface area contributed by atoms with Crippen molar-refractivity contribution in [2.75, 3.05) is 6.61 Å².